The Balaban J connectivity index is 1.56. The quantitative estimate of drug-likeness (QED) is 0.281. The molecule has 0 aromatic heterocycles. The molecule has 4 rings (SSSR count). The summed E-state index contributed by atoms with van der Waals surface area (Å²) < 4.78 is 10.5. The van der Waals surface area contributed by atoms with E-state index in [9.17, 15) is 19.2 Å². The molecule has 1 N–H and O–H groups in total. The topological polar surface area (TPSA) is 114 Å². The molecule has 0 radical (unpaired) electrons. The third-order valence-corrected chi connectivity index (χ3v) is 8.10. The summed E-state index contributed by atoms with van der Waals surface area (Å²) in [6.45, 7) is 4.32. The predicted molar refractivity (Wildman–Crippen MR) is 134 cm³/mol. The Morgan fingerprint density at radius 1 is 1.25 bits per heavy atom. The normalized spacial score (nSPS) is 32.4. The van der Waals surface area contributed by atoms with Crippen molar-refractivity contribution in [2.45, 2.75) is 77.0 Å². The van der Waals surface area contributed by atoms with Gasteiger partial charge in [-0.05, 0) is 37.0 Å². The van der Waals surface area contributed by atoms with Crippen molar-refractivity contribution in [3.8, 4) is 0 Å². The summed E-state index contributed by atoms with van der Waals surface area (Å²) in [4.78, 5) is 56.3. The van der Waals surface area contributed by atoms with Crippen LogP contribution in [-0.4, -0.2) is 61.6 Å². The van der Waals surface area contributed by atoms with Gasteiger partial charge in [-0.25, -0.2) is 4.99 Å². The van der Waals surface area contributed by atoms with E-state index in [1.165, 1.54) is 0 Å². The standard InChI is InChI=1S/C28H38N2O6/c1-16(2)25(30-27(33)17-8-10-20(35-3)11-9-17)26(32)24-22-7-5-4-6-18(22)12-23(24)28(34)29-19(14-31)13-21-15-36-21/h8-10,14,16,18-24H,4-7,11-13,15H2,1-3H3,(H,29,34). The highest BCUT2D eigenvalue weighted by Gasteiger charge is 2.51. The van der Waals surface area contributed by atoms with E-state index in [-0.39, 0.29) is 41.4 Å². The van der Waals surface area contributed by atoms with Crippen LogP contribution in [0.1, 0.15) is 58.8 Å². The van der Waals surface area contributed by atoms with Crippen molar-refractivity contribution >= 4 is 29.6 Å². The number of hydrogen-bond donors (Lipinski definition) is 1. The van der Waals surface area contributed by atoms with Crippen LogP contribution in [0.5, 0.6) is 0 Å². The maximum Gasteiger partial charge on any atom is 0.277 e. The first-order valence-electron chi connectivity index (χ1n) is 13.3. The van der Waals surface area contributed by atoms with Gasteiger partial charge in [0.1, 0.15) is 6.29 Å². The highest BCUT2D eigenvalue weighted by Crippen LogP contribution is 2.50. The van der Waals surface area contributed by atoms with Gasteiger partial charge in [0.2, 0.25) is 5.91 Å². The molecule has 7 atom stereocenters. The Labute approximate surface area is 213 Å². The highest BCUT2D eigenvalue weighted by molar-refractivity contribution is 6.43. The second-order valence-corrected chi connectivity index (χ2v) is 10.9. The molecule has 196 valence electrons. The third-order valence-electron chi connectivity index (χ3n) is 8.10. The number of carbonyl (C=O) groups excluding carboxylic acids is 4. The minimum absolute atomic E-state index is 0.0112. The van der Waals surface area contributed by atoms with E-state index in [1.807, 2.05) is 19.9 Å². The molecular formula is C28H38N2O6. The lowest BCUT2D eigenvalue weighted by molar-refractivity contribution is -0.132. The van der Waals surface area contributed by atoms with Crippen molar-refractivity contribution in [1.82, 2.24) is 5.32 Å². The average molecular weight is 499 g/mol. The molecule has 0 aromatic carbocycles. The molecule has 3 aliphatic carbocycles. The van der Waals surface area contributed by atoms with Crippen LogP contribution < -0.4 is 5.32 Å². The monoisotopic (exact) mass is 498 g/mol. The van der Waals surface area contributed by atoms with E-state index >= 15 is 0 Å². The number of aldehydes is 1. The Morgan fingerprint density at radius 3 is 2.61 bits per heavy atom. The van der Waals surface area contributed by atoms with Crippen LogP contribution in [0.15, 0.2) is 28.8 Å². The summed E-state index contributed by atoms with van der Waals surface area (Å²) >= 11 is 0. The van der Waals surface area contributed by atoms with Crippen LogP contribution >= 0.6 is 0 Å². The number of ketones is 1. The molecule has 0 spiro atoms. The molecule has 4 aliphatic rings. The van der Waals surface area contributed by atoms with Gasteiger partial charge in [0.05, 0.1) is 30.6 Å². The lowest BCUT2D eigenvalue weighted by Gasteiger charge is -2.30. The van der Waals surface area contributed by atoms with Crippen molar-refractivity contribution < 1.29 is 28.7 Å². The van der Waals surface area contributed by atoms with E-state index in [2.05, 4.69) is 10.3 Å². The van der Waals surface area contributed by atoms with Crippen LogP contribution in [0.2, 0.25) is 0 Å². The molecule has 8 nitrogen and oxygen atoms in total. The number of hydrogen-bond acceptors (Lipinski definition) is 6. The van der Waals surface area contributed by atoms with E-state index < -0.39 is 23.8 Å². The fourth-order valence-corrected chi connectivity index (χ4v) is 6.09. The van der Waals surface area contributed by atoms with Crippen LogP contribution in [0.25, 0.3) is 0 Å². The lowest BCUT2D eigenvalue weighted by atomic mass is 9.74. The first-order chi connectivity index (χ1) is 17.3. The summed E-state index contributed by atoms with van der Waals surface area (Å²) in [5.74, 6) is -1.81. The second kappa shape index (κ2) is 11.7. The zero-order valence-electron chi connectivity index (χ0n) is 21.5. The fraction of sp³-hybridized carbons (Fsp3) is 0.679. The molecular weight excluding hydrogens is 460 g/mol. The highest BCUT2D eigenvalue weighted by atomic mass is 16.6. The van der Waals surface area contributed by atoms with E-state index in [0.29, 0.717) is 37.4 Å². The van der Waals surface area contributed by atoms with Gasteiger partial charge in [-0.15, -0.1) is 0 Å². The molecule has 8 heteroatoms. The smallest absolute Gasteiger partial charge is 0.277 e. The number of fused-ring (bicyclic) bond motifs is 1. The first-order valence-corrected chi connectivity index (χ1v) is 13.3. The number of carbonyl (C=O) groups is 4. The summed E-state index contributed by atoms with van der Waals surface area (Å²) in [5, 5.41) is 2.87. The molecule has 2 amide bonds. The van der Waals surface area contributed by atoms with Crippen molar-refractivity contribution in [3.63, 3.8) is 0 Å². The maximum atomic E-state index is 14.0. The van der Waals surface area contributed by atoms with Gasteiger partial charge in [0, 0.05) is 30.9 Å². The van der Waals surface area contributed by atoms with Crippen LogP contribution in [-0.2, 0) is 28.7 Å². The van der Waals surface area contributed by atoms with Crippen LogP contribution in [0.4, 0.5) is 0 Å². The summed E-state index contributed by atoms with van der Waals surface area (Å²) in [5.41, 5.74) is 0.678. The van der Waals surface area contributed by atoms with Crippen LogP contribution in [0, 0.1) is 29.6 Å². The Bertz CT molecular complexity index is 963. The number of epoxide rings is 1. The van der Waals surface area contributed by atoms with Gasteiger partial charge >= 0.3 is 0 Å². The molecule has 7 unspecified atom stereocenters. The zero-order chi connectivity index (χ0) is 25.8. The van der Waals surface area contributed by atoms with E-state index in [4.69, 9.17) is 9.47 Å². The second-order valence-electron chi connectivity index (χ2n) is 10.9. The summed E-state index contributed by atoms with van der Waals surface area (Å²) in [6, 6.07) is -0.621. The van der Waals surface area contributed by atoms with E-state index in [1.54, 1.807) is 19.3 Å². The lowest BCUT2D eigenvalue weighted by Crippen LogP contribution is -2.45. The number of ether oxygens (including phenoxy) is 2. The Kier molecular flexibility index (Phi) is 8.67. The number of amides is 2. The molecule has 1 saturated heterocycles. The van der Waals surface area contributed by atoms with E-state index in [0.717, 1.165) is 32.0 Å². The molecule has 0 aromatic rings. The van der Waals surface area contributed by atoms with Crippen LogP contribution in [0.3, 0.4) is 0 Å². The largest absolute Gasteiger partial charge is 0.377 e. The fourth-order valence-electron chi connectivity index (χ4n) is 6.09. The summed E-state index contributed by atoms with van der Waals surface area (Å²) in [6.07, 6.45) is 11.7. The Morgan fingerprint density at radius 2 is 2.00 bits per heavy atom. The molecule has 0 bridgehead atoms. The van der Waals surface area contributed by atoms with Crippen molar-refractivity contribution in [3.05, 3.63) is 23.8 Å². The minimum atomic E-state index is -0.621. The van der Waals surface area contributed by atoms with Gasteiger partial charge in [0.15, 0.2) is 5.78 Å². The van der Waals surface area contributed by atoms with Gasteiger partial charge < -0.3 is 19.6 Å². The number of rotatable bonds is 10. The zero-order valence-corrected chi connectivity index (χ0v) is 21.5. The SMILES string of the molecule is COC1C=CC(C(=O)N=C(C(=O)C2C(C(=O)NC(C=O)CC3CO3)CC3CCCCC32)C(C)C)=CC1. The average Bonchev–Trinajstić information content (AvgIpc) is 3.62. The van der Waals surface area contributed by atoms with Gasteiger partial charge in [-0.2, -0.15) is 0 Å². The number of Topliss-reactive ketones (excluding diaryl/α,β-unsaturated/α-hetero) is 1. The van der Waals surface area contributed by atoms with Gasteiger partial charge in [0.25, 0.3) is 5.91 Å². The molecule has 1 aliphatic heterocycles. The number of nitrogens with one attached hydrogen (secondary N) is 1. The number of methoxy groups -OCH3 is 1. The van der Waals surface area contributed by atoms with Crippen molar-refractivity contribution in [2.75, 3.05) is 13.7 Å². The Hall–Kier alpha value is -2.45. The third kappa shape index (κ3) is 6.09. The molecule has 1 heterocycles. The maximum absolute atomic E-state index is 14.0. The van der Waals surface area contributed by atoms with Gasteiger partial charge in [-0.1, -0.05) is 51.3 Å². The van der Waals surface area contributed by atoms with Crippen molar-refractivity contribution in [2.24, 2.45) is 34.6 Å². The minimum Gasteiger partial charge on any atom is -0.377 e. The first kappa shape index (κ1) is 26.6. The predicted octanol–water partition coefficient (Wildman–Crippen LogP) is 3.00. The van der Waals surface area contributed by atoms with Crippen molar-refractivity contribution in [1.29, 1.82) is 0 Å². The molecule has 36 heavy (non-hydrogen) atoms. The summed E-state index contributed by atoms with van der Waals surface area (Å²) in [7, 11) is 1.62. The molecule has 2 saturated carbocycles. The number of nitrogens with zero attached hydrogens (tertiary/aromatic N) is 1. The number of aliphatic imine (C=N–C) groups is 1. The molecule has 3 fully saturated rings. The van der Waals surface area contributed by atoms with Gasteiger partial charge in [-0.3, -0.25) is 14.4 Å².